The largest absolute Gasteiger partial charge is 0.350 e. The molecule has 0 aromatic heterocycles. The first kappa shape index (κ1) is 11.7. The fraction of sp³-hybridized carbons (Fsp3) is 0.417. The molecule has 0 aliphatic carbocycles. The molecule has 1 aromatic rings. The van der Waals surface area contributed by atoms with Crippen LogP contribution in [0.2, 0.25) is 0 Å². The Bertz CT molecular complexity index is 363. The van der Waals surface area contributed by atoms with E-state index in [1.165, 1.54) is 6.07 Å². The van der Waals surface area contributed by atoms with Gasteiger partial charge in [0, 0.05) is 11.6 Å². The molecule has 82 valence electrons. The lowest BCUT2D eigenvalue weighted by atomic mass is 10.1. The van der Waals surface area contributed by atoms with E-state index in [4.69, 9.17) is 0 Å². The minimum absolute atomic E-state index is 0.113. The second kappa shape index (κ2) is 4.91. The number of hydrogen-bond acceptors (Lipinski definition) is 1. The molecule has 0 aliphatic rings. The quantitative estimate of drug-likeness (QED) is 0.814. The average molecular weight is 209 g/mol. The summed E-state index contributed by atoms with van der Waals surface area (Å²) in [5, 5.41) is 2.79. The third kappa shape index (κ3) is 3.05. The highest BCUT2D eigenvalue weighted by atomic mass is 19.1. The molecule has 0 fully saturated rings. The first-order valence-electron chi connectivity index (χ1n) is 5.11. The normalized spacial score (nSPS) is 12.3. The zero-order chi connectivity index (χ0) is 11.4. The molecule has 0 saturated carbocycles. The molecule has 0 radical (unpaired) electrons. The van der Waals surface area contributed by atoms with Gasteiger partial charge in [-0.05, 0) is 38.0 Å². The van der Waals surface area contributed by atoms with Gasteiger partial charge in [-0.2, -0.15) is 0 Å². The van der Waals surface area contributed by atoms with Crippen molar-refractivity contribution in [1.82, 2.24) is 5.32 Å². The molecule has 1 atom stereocenters. The number of aryl methyl sites for hydroxylation is 1. The lowest BCUT2D eigenvalue weighted by Crippen LogP contribution is -2.31. The summed E-state index contributed by atoms with van der Waals surface area (Å²) in [6.45, 7) is 5.58. The number of carbonyl (C=O) groups is 1. The van der Waals surface area contributed by atoms with Crippen molar-refractivity contribution < 1.29 is 9.18 Å². The zero-order valence-corrected chi connectivity index (χ0v) is 9.30. The first-order valence-corrected chi connectivity index (χ1v) is 5.11. The standard InChI is InChI=1S/C12H16FNO/c1-4-9(3)14-12(15)10-6-5-8(2)11(13)7-10/h5-7,9H,4H2,1-3H3,(H,14,15). The highest BCUT2D eigenvalue weighted by molar-refractivity contribution is 5.94. The number of halogens is 1. The third-order valence-electron chi connectivity index (χ3n) is 2.42. The van der Waals surface area contributed by atoms with Gasteiger partial charge >= 0.3 is 0 Å². The van der Waals surface area contributed by atoms with Crippen LogP contribution in [0.4, 0.5) is 4.39 Å². The molecule has 1 rings (SSSR count). The van der Waals surface area contributed by atoms with Gasteiger partial charge in [0.1, 0.15) is 5.82 Å². The monoisotopic (exact) mass is 209 g/mol. The van der Waals surface area contributed by atoms with Crippen LogP contribution in [0, 0.1) is 12.7 Å². The van der Waals surface area contributed by atoms with Crippen LogP contribution in [-0.4, -0.2) is 11.9 Å². The minimum Gasteiger partial charge on any atom is -0.350 e. The summed E-state index contributed by atoms with van der Waals surface area (Å²) in [7, 11) is 0. The lowest BCUT2D eigenvalue weighted by Gasteiger charge is -2.11. The topological polar surface area (TPSA) is 29.1 Å². The molecular formula is C12H16FNO. The highest BCUT2D eigenvalue weighted by Gasteiger charge is 2.09. The highest BCUT2D eigenvalue weighted by Crippen LogP contribution is 2.09. The number of nitrogens with one attached hydrogen (secondary N) is 1. The Morgan fingerprint density at radius 2 is 2.20 bits per heavy atom. The van der Waals surface area contributed by atoms with E-state index < -0.39 is 0 Å². The fourth-order valence-electron chi connectivity index (χ4n) is 1.14. The summed E-state index contributed by atoms with van der Waals surface area (Å²) in [5.74, 6) is -0.560. The number of carbonyl (C=O) groups excluding carboxylic acids is 1. The van der Waals surface area contributed by atoms with Gasteiger partial charge in [0.2, 0.25) is 0 Å². The van der Waals surface area contributed by atoms with Gasteiger partial charge in [-0.25, -0.2) is 4.39 Å². The summed E-state index contributed by atoms with van der Waals surface area (Å²) in [4.78, 5) is 11.6. The van der Waals surface area contributed by atoms with Gasteiger partial charge in [-0.3, -0.25) is 4.79 Å². The molecule has 0 saturated heterocycles. The van der Waals surface area contributed by atoms with Crippen LogP contribution < -0.4 is 5.32 Å². The average Bonchev–Trinajstić information content (AvgIpc) is 2.21. The zero-order valence-electron chi connectivity index (χ0n) is 9.30. The molecule has 2 nitrogen and oxygen atoms in total. The van der Waals surface area contributed by atoms with Crippen molar-refractivity contribution in [2.75, 3.05) is 0 Å². The third-order valence-corrected chi connectivity index (χ3v) is 2.42. The lowest BCUT2D eigenvalue weighted by molar-refractivity contribution is 0.0939. The first-order chi connectivity index (χ1) is 7.04. The van der Waals surface area contributed by atoms with E-state index >= 15 is 0 Å². The molecule has 1 aromatic carbocycles. The molecule has 1 amide bonds. The van der Waals surface area contributed by atoms with E-state index in [1.54, 1.807) is 19.1 Å². The molecule has 0 bridgehead atoms. The van der Waals surface area contributed by atoms with Crippen LogP contribution in [0.15, 0.2) is 18.2 Å². The van der Waals surface area contributed by atoms with E-state index in [0.29, 0.717) is 11.1 Å². The smallest absolute Gasteiger partial charge is 0.251 e. The van der Waals surface area contributed by atoms with Crippen LogP contribution in [0.5, 0.6) is 0 Å². The molecule has 0 heterocycles. The van der Waals surface area contributed by atoms with Gasteiger partial charge in [0.25, 0.3) is 5.91 Å². The Morgan fingerprint density at radius 1 is 1.53 bits per heavy atom. The Hall–Kier alpha value is -1.38. The van der Waals surface area contributed by atoms with Crippen molar-refractivity contribution in [3.8, 4) is 0 Å². The summed E-state index contributed by atoms with van der Waals surface area (Å²) < 4.78 is 13.2. The summed E-state index contributed by atoms with van der Waals surface area (Å²) in [6.07, 6.45) is 0.861. The van der Waals surface area contributed by atoms with Crippen LogP contribution >= 0.6 is 0 Å². The van der Waals surface area contributed by atoms with Crippen molar-refractivity contribution in [2.45, 2.75) is 33.2 Å². The Labute approximate surface area is 89.5 Å². The summed E-state index contributed by atoms with van der Waals surface area (Å²) in [6, 6.07) is 4.63. The predicted molar refractivity (Wildman–Crippen MR) is 58.4 cm³/mol. The van der Waals surface area contributed by atoms with E-state index in [9.17, 15) is 9.18 Å². The van der Waals surface area contributed by atoms with E-state index in [1.807, 2.05) is 13.8 Å². The molecule has 1 unspecified atom stereocenters. The number of benzene rings is 1. The maximum Gasteiger partial charge on any atom is 0.251 e. The van der Waals surface area contributed by atoms with Crippen molar-refractivity contribution >= 4 is 5.91 Å². The predicted octanol–water partition coefficient (Wildman–Crippen LogP) is 2.66. The van der Waals surface area contributed by atoms with Crippen molar-refractivity contribution in [3.63, 3.8) is 0 Å². The minimum atomic E-state index is -0.341. The second-order valence-electron chi connectivity index (χ2n) is 3.75. The van der Waals surface area contributed by atoms with E-state index in [2.05, 4.69) is 5.32 Å². The van der Waals surface area contributed by atoms with Crippen LogP contribution in [0.1, 0.15) is 36.2 Å². The number of rotatable bonds is 3. The second-order valence-corrected chi connectivity index (χ2v) is 3.75. The Morgan fingerprint density at radius 3 is 2.73 bits per heavy atom. The van der Waals surface area contributed by atoms with Gasteiger partial charge in [-0.1, -0.05) is 13.0 Å². The van der Waals surface area contributed by atoms with Gasteiger partial charge in [0.05, 0.1) is 0 Å². The van der Waals surface area contributed by atoms with E-state index in [0.717, 1.165) is 6.42 Å². The van der Waals surface area contributed by atoms with Crippen LogP contribution in [0.25, 0.3) is 0 Å². The number of hydrogen-bond donors (Lipinski definition) is 1. The number of amides is 1. The maximum atomic E-state index is 13.2. The fourth-order valence-corrected chi connectivity index (χ4v) is 1.14. The molecule has 15 heavy (non-hydrogen) atoms. The maximum absolute atomic E-state index is 13.2. The van der Waals surface area contributed by atoms with E-state index in [-0.39, 0.29) is 17.8 Å². The van der Waals surface area contributed by atoms with Crippen LogP contribution in [-0.2, 0) is 0 Å². The summed E-state index contributed by atoms with van der Waals surface area (Å²) in [5.41, 5.74) is 0.925. The van der Waals surface area contributed by atoms with Gasteiger partial charge in [-0.15, -0.1) is 0 Å². The molecule has 1 N–H and O–H groups in total. The molecule has 0 spiro atoms. The van der Waals surface area contributed by atoms with Crippen molar-refractivity contribution in [2.24, 2.45) is 0 Å². The summed E-state index contributed by atoms with van der Waals surface area (Å²) >= 11 is 0. The van der Waals surface area contributed by atoms with Crippen molar-refractivity contribution in [3.05, 3.63) is 35.1 Å². The van der Waals surface area contributed by atoms with Gasteiger partial charge < -0.3 is 5.32 Å². The SMILES string of the molecule is CCC(C)NC(=O)c1ccc(C)c(F)c1. The molecule has 0 aliphatic heterocycles. The molecular weight excluding hydrogens is 193 g/mol. The Balaban J connectivity index is 2.78. The Kier molecular flexibility index (Phi) is 3.83. The molecule has 3 heteroatoms. The van der Waals surface area contributed by atoms with Crippen LogP contribution in [0.3, 0.4) is 0 Å². The van der Waals surface area contributed by atoms with Gasteiger partial charge in [0.15, 0.2) is 0 Å². The van der Waals surface area contributed by atoms with Crippen molar-refractivity contribution in [1.29, 1.82) is 0 Å².